The van der Waals surface area contributed by atoms with Crippen molar-refractivity contribution in [2.24, 2.45) is 7.05 Å². The van der Waals surface area contributed by atoms with Gasteiger partial charge in [-0.1, -0.05) is 30.7 Å². The van der Waals surface area contributed by atoms with Gasteiger partial charge < -0.3 is 19.3 Å². The lowest BCUT2D eigenvalue weighted by molar-refractivity contribution is -0.140. The van der Waals surface area contributed by atoms with Crippen LogP contribution in [-0.4, -0.2) is 58.7 Å². The molecule has 0 radical (unpaired) electrons. The van der Waals surface area contributed by atoms with Gasteiger partial charge in [-0.2, -0.15) is 0 Å². The van der Waals surface area contributed by atoms with Crippen LogP contribution in [0.15, 0.2) is 42.5 Å². The van der Waals surface area contributed by atoms with Gasteiger partial charge in [0, 0.05) is 67.2 Å². The number of fused-ring (bicyclic) bond motifs is 4. The molecule has 5 rings (SSSR count). The van der Waals surface area contributed by atoms with Crippen LogP contribution in [0.4, 0.5) is 0 Å². The first kappa shape index (κ1) is 22.3. The van der Waals surface area contributed by atoms with E-state index in [0.717, 1.165) is 29.1 Å². The monoisotopic (exact) mass is 467 g/mol. The fourth-order valence-electron chi connectivity index (χ4n) is 5.84. The molecular formula is C26H30ClN3O3. The minimum atomic E-state index is -0.168. The van der Waals surface area contributed by atoms with Gasteiger partial charge in [0.1, 0.15) is 5.75 Å². The molecule has 174 valence electrons. The van der Waals surface area contributed by atoms with Crippen LogP contribution in [0.3, 0.4) is 0 Å². The summed E-state index contributed by atoms with van der Waals surface area (Å²) in [4.78, 5) is 16.8. The fraction of sp³-hybridized carbons (Fsp3) is 0.423. The Morgan fingerprint density at radius 1 is 1.21 bits per heavy atom. The molecule has 0 bridgehead atoms. The minimum Gasteiger partial charge on any atom is -0.497 e. The highest BCUT2D eigenvalue weighted by Crippen LogP contribution is 2.50. The Bertz CT molecular complexity index is 1210. The molecule has 1 atom stereocenters. The number of nitrogens with zero attached hydrogens (tertiary/aromatic N) is 3. The third-order valence-corrected chi connectivity index (χ3v) is 7.57. The molecule has 1 spiro atoms. The third-order valence-electron chi connectivity index (χ3n) is 7.34. The normalized spacial score (nSPS) is 19.5. The lowest BCUT2D eigenvalue weighted by atomic mass is 9.68. The van der Waals surface area contributed by atoms with Crippen LogP contribution in [0, 0.1) is 0 Å². The molecule has 7 heteroatoms. The molecule has 2 aliphatic heterocycles. The number of rotatable bonds is 5. The van der Waals surface area contributed by atoms with E-state index in [9.17, 15) is 9.90 Å². The molecule has 1 saturated heterocycles. The van der Waals surface area contributed by atoms with E-state index in [2.05, 4.69) is 34.7 Å². The molecule has 2 aromatic carbocycles. The molecule has 1 amide bonds. The summed E-state index contributed by atoms with van der Waals surface area (Å²) in [5.74, 6) is 0.997. The van der Waals surface area contributed by atoms with Crippen LogP contribution >= 0.6 is 11.6 Å². The number of carbonyl (C=O) groups excluding carboxylic acids is 1. The van der Waals surface area contributed by atoms with Crippen molar-refractivity contribution in [3.05, 3.63) is 64.3 Å². The first-order chi connectivity index (χ1) is 15.9. The maximum atomic E-state index is 12.5. The smallest absolute Gasteiger partial charge is 0.222 e. The summed E-state index contributed by atoms with van der Waals surface area (Å²) in [6.07, 6.45) is 0.515. The zero-order chi connectivity index (χ0) is 23.3. The number of aryl methyl sites for hydroxylation is 1. The summed E-state index contributed by atoms with van der Waals surface area (Å²) in [5, 5.41) is 12.4. The van der Waals surface area contributed by atoms with E-state index in [0.29, 0.717) is 31.1 Å². The Morgan fingerprint density at radius 2 is 2.00 bits per heavy atom. The predicted octanol–water partition coefficient (Wildman–Crippen LogP) is 3.88. The van der Waals surface area contributed by atoms with Crippen LogP contribution in [0.25, 0.3) is 10.9 Å². The molecule has 1 aromatic heterocycles. The first-order valence-electron chi connectivity index (χ1n) is 11.4. The van der Waals surface area contributed by atoms with E-state index in [1.807, 2.05) is 36.1 Å². The van der Waals surface area contributed by atoms with Gasteiger partial charge in [-0.15, -0.1) is 0 Å². The Balaban J connectivity index is 1.64. The second kappa shape index (κ2) is 8.35. The van der Waals surface area contributed by atoms with Crippen molar-refractivity contribution in [1.29, 1.82) is 0 Å². The summed E-state index contributed by atoms with van der Waals surface area (Å²) in [6.45, 7) is 4.78. The van der Waals surface area contributed by atoms with Crippen molar-refractivity contribution >= 4 is 28.4 Å². The quantitative estimate of drug-likeness (QED) is 0.618. The van der Waals surface area contributed by atoms with Crippen LogP contribution in [0.1, 0.15) is 36.2 Å². The summed E-state index contributed by atoms with van der Waals surface area (Å²) in [6, 6.07) is 13.9. The average Bonchev–Trinajstić information content (AvgIpc) is 3.09. The number of hydrogen-bond acceptors (Lipinski definition) is 4. The van der Waals surface area contributed by atoms with Gasteiger partial charge in [0.05, 0.1) is 25.3 Å². The zero-order valence-electron chi connectivity index (χ0n) is 19.3. The van der Waals surface area contributed by atoms with Crippen LogP contribution in [0.2, 0.25) is 5.02 Å². The van der Waals surface area contributed by atoms with E-state index in [4.69, 9.17) is 16.3 Å². The predicted molar refractivity (Wildman–Crippen MR) is 130 cm³/mol. The molecule has 0 unspecified atom stereocenters. The van der Waals surface area contributed by atoms with E-state index < -0.39 is 0 Å². The Labute approximate surface area is 199 Å². The Kier molecular flexibility index (Phi) is 5.63. The van der Waals surface area contributed by atoms with E-state index in [1.165, 1.54) is 10.9 Å². The lowest BCUT2D eigenvalue weighted by Gasteiger charge is -2.56. The van der Waals surface area contributed by atoms with Gasteiger partial charge in [0.15, 0.2) is 0 Å². The standard InChI is InChI=1S/C26H30ClN3O3/c1-4-23(32)30-15-26(16-30)14-29(12-17-6-5-7-18(27)10-17)22(13-31)25-24(26)20-9-8-19(33-3)11-21(20)28(25)2/h5-11,22,31H,4,12-16H2,1-3H3/t22-/m1/s1. The summed E-state index contributed by atoms with van der Waals surface area (Å²) in [7, 11) is 3.74. The Morgan fingerprint density at radius 3 is 2.67 bits per heavy atom. The molecule has 3 heterocycles. The molecule has 1 N–H and O–H groups in total. The Hall–Kier alpha value is -2.54. The van der Waals surface area contributed by atoms with Crippen LogP contribution in [-0.2, 0) is 23.8 Å². The van der Waals surface area contributed by atoms with Gasteiger partial charge in [-0.3, -0.25) is 9.69 Å². The van der Waals surface area contributed by atoms with Gasteiger partial charge in [-0.05, 0) is 35.4 Å². The van der Waals surface area contributed by atoms with Crippen molar-refractivity contribution in [3.8, 4) is 5.75 Å². The highest BCUT2D eigenvalue weighted by atomic mass is 35.5. The second-order valence-corrected chi connectivity index (χ2v) is 9.76. The van der Waals surface area contributed by atoms with E-state index >= 15 is 0 Å². The number of aromatic nitrogens is 1. The third kappa shape index (κ3) is 3.52. The number of hydrogen-bond donors (Lipinski definition) is 1. The van der Waals surface area contributed by atoms with Crippen LogP contribution < -0.4 is 4.74 Å². The highest BCUT2D eigenvalue weighted by Gasteiger charge is 2.54. The average molecular weight is 468 g/mol. The van der Waals surface area contributed by atoms with Crippen molar-refractivity contribution in [1.82, 2.24) is 14.4 Å². The topological polar surface area (TPSA) is 57.9 Å². The summed E-state index contributed by atoms with van der Waals surface area (Å²) >= 11 is 6.26. The molecule has 6 nitrogen and oxygen atoms in total. The summed E-state index contributed by atoms with van der Waals surface area (Å²) < 4.78 is 7.69. The second-order valence-electron chi connectivity index (χ2n) is 9.32. The highest BCUT2D eigenvalue weighted by molar-refractivity contribution is 6.30. The number of ether oxygens (including phenoxy) is 1. The molecule has 0 saturated carbocycles. The van der Waals surface area contributed by atoms with Gasteiger partial charge in [-0.25, -0.2) is 0 Å². The number of amides is 1. The SMILES string of the molecule is CCC(=O)N1CC2(C1)CN(Cc1cccc(Cl)c1)[C@H](CO)c1c2c2ccc(OC)cc2n1C. The maximum Gasteiger partial charge on any atom is 0.222 e. The van der Waals surface area contributed by atoms with Gasteiger partial charge in [0.2, 0.25) is 5.91 Å². The van der Waals surface area contributed by atoms with Crippen molar-refractivity contribution in [2.75, 3.05) is 33.4 Å². The fourth-order valence-corrected chi connectivity index (χ4v) is 6.05. The number of likely N-dealkylation sites (tertiary alicyclic amines) is 1. The van der Waals surface area contributed by atoms with E-state index in [-0.39, 0.29) is 24.0 Å². The molecule has 1 fully saturated rings. The molecule has 2 aliphatic rings. The molecule has 3 aromatic rings. The zero-order valence-corrected chi connectivity index (χ0v) is 20.1. The van der Waals surface area contributed by atoms with E-state index in [1.54, 1.807) is 7.11 Å². The molecule has 0 aliphatic carbocycles. The number of aliphatic hydroxyl groups is 1. The molecular weight excluding hydrogens is 438 g/mol. The number of aliphatic hydroxyl groups excluding tert-OH is 1. The molecule has 33 heavy (non-hydrogen) atoms. The van der Waals surface area contributed by atoms with Crippen LogP contribution in [0.5, 0.6) is 5.75 Å². The van der Waals surface area contributed by atoms with Crippen molar-refractivity contribution in [3.63, 3.8) is 0 Å². The number of halogens is 1. The van der Waals surface area contributed by atoms with Crippen molar-refractivity contribution < 1.29 is 14.6 Å². The van der Waals surface area contributed by atoms with Crippen molar-refractivity contribution in [2.45, 2.75) is 31.3 Å². The van der Waals surface area contributed by atoms with Gasteiger partial charge >= 0.3 is 0 Å². The first-order valence-corrected chi connectivity index (χ1v) is 11.8. The summed E-state index contributed by atoms with van der Waals surface area (Å²) in [5.41, 5.74) is 4.42. The number of benzene rings is 2. The maximum absolute atomic E-state index is 12.5. The minimum absolute atomic E-state index is 0.0164. The lowest BCUT2D eigenvalue weighted by Crippen LogP contribution is -2.67. The van der Waals surface area contributed by atoms with Gasteiger partial charge in [0.25, 0.3) is 0 Å². The number of methoxy groups -OCH3 is 1. The number of carbonyl (C=O) groups is 1. The largest absolute Gasteiger partial charge is 0.497 e.